The summed E-state index contributed by atoms with van der Waals surface area (Å²) in [6, 6.07) is 0.351. The second kappa shape index (κ2) is 2.21. The van der Waals surface area contributed by atoms with E-state index in [-0.39, 0.29) is 11.8 Å². The van der Waals surface area contributed by atoms with Gasteiger partial charge >= 0.3 is 0 Å². The Hall–Kier alpha value is -0.570. The number of nitrogens with two attached hydrogens (primary N) is 2. The van der Waals surface area contributed by atoms with Gasteiger partial charge in [-0.25, -0.2) is 0 Å². The second-order valence-corrected chi connectivity index (χ2v) is 3.89. The molecule has 2 aliphatic rings. The van der Waals surface area contributed by atoms with Crippen LogP contribution in [0.15, 0.2) is 0 Å². The molecule has 2 rings (SSSR count). The number of primary amides is 1. The van der Waals surface area contributed by atoms with Crippen molar-refractivity contribution in [2.24, 2.45) is 29.2 Å². The van der Waals surface area contributed by atoms with Crippen molar-refractivity contribution in [1.82, 2.24) is 0 Å². The highest BCUT2D eigenvalue weighted by atomic mass is 16.1. The number of carbonyl (C=O) groups excluding carboxylic acids is 1. The van der Waals surface area contributed by atoms with Gasteiger partial charge in [-0.15, -0.1) is 0 Å². The molecule has 62 valence electrons. The van der Waals surface area contributed by atoms with Gasteiger partial charge in [-0.2, -0.15) is 0 Å². The molecule has 0 heterocycles. The van der Waals surface area contributed by atoms with Crippen LogP contribution < -0.4 is 11.5 Å². The van der Waals surface area contributed by atoms with E-state index in [9.17, 15) is 4.79 Å². The Labute approximate surface area is 66.1 Å². The monoisotopic (exact) mass is 154 g/mol. The summed E-state index contributed by atoms with van der Waals surface area (Å²) < 4.78 is 0. The standard InChI is InChI=1S/C8H14N2O/c9-7-3-4-1-5(8(10)11)2-6(4)7/h4-7H,1-3,9H2,(H2,10,11)/t4-,5-,6+,7+/m0/s1. The third-order valence-electron chi connectivity index (χ3n) is 3.28. The predicted octanol–water partition coefficient (Wildman–Crippen LogP) is -0.155. The Morgan fingerprint density at radius 2 is 2.00 bits per heavy atom. The minimum absolute atomic E-state index is 0.124. The summed E-state index contributed by atoms with van der Waals surface area (Å²) in [7, 11) is 0. The highest BCUT2D eigenvalue weighted by molar-refractivity contribution is 5.77. The van der Waals surface area contributed by atoms with Crippen molar-refractivity contribution in [3.05, 3.63) is 0 Å². The van der Waals surface area contributed by atoms with Gasteiger partial charge in [0.15, 0.2) is 0 Å². The third-order valence-corrected chi connectivity index (χ3v) is 3.28. The van der Waals surface area contributed by atoms with Gasteiger partial charge in [-0.05, 0) is 31.1 Å². The SMILES string of the molecule is NC(=O)[C@H]1C[C@H]2C[C@@H](N)[C@@H]2C1. The van der Waals surface area contributed by atoms with Crippen LogP contribution in [-0.4, -0.2) is 11.9 Å². The summed E-state index contributed by atoms with van der Waals surface area (Å²) in [5, 5.41) is 0. The molecule has 2 saturated carbocycles. The number of carbonyl (C=O) groups is 1. The van der Waals surface area contributed by atoms with Gasteiger partial charge in [0.05, 0.1) is 0 Å². The molecule has 11 heavy (non-hydrogen) atoms. The van der Waals surface area contributed by atoms with E-state index in [0.29, 0.717) is 17.9 Å². The Kier molecular flexibility index (Phi) is 1.42. The quantitative estimate of drug-likeness (QED) is 0.551. The number of hydrogen-bond donors (Lipinski definition) is 2. The van der Waals surface area contributed by atoms with E-state index in [0.717, 1.165) is 19.3 Å². The predicted molar refractivity (Wildman–Crippen MR) is 41.5 cm³/mol. The molecule has 0 spiro atoms. The van der Waals surface area contributed by atoms with Crippen molar-refractivity contribution >= 4 is 5.91 Å². The summed E-state index contributed by atoms with van der Waals surface area (Å²) >= 11 is 0. The summed E-state index contributed by atoms with van der Waals surface area (Å²) in [5.41, 5.74) is 11.0. The first kappa shape index (κ1) is 7.10. The van der Waals surface area contributed by atoms with Gasteiger partial charge in [0, 0.05) is 12.0 Å². The molecule has 0 aromatic rings. The van der Waals surface area contributed by atoms with Crippen LogP contribution in [0, 0.1) is 17.8 Å². The zero-order valence-electron chi connectivity index (χ0n) is 6.49. The zero-order valence-corrected chi connectivity index (χ0v) is 6.49. The van der Waals surface area contributed by atoms with Gasteiger partial charge in [-0.3, -0.25) is 4.79 Å². The van der Waals surface area contributed by atoms with Crippen LogP contribution in [0.25, 0.3) is 0 Å². The molecule has 2 fully saturated rings. The smallest absolute Gasteiger partial charge is 0.220 e. The van der Waals surface area contributed by atoms with Crippen LogP contribution in [0.1, 0.15) is 19.3 Å². The van der Waals surface area contributed by atoms with Gasteiger partial charge in [-0.1, -0.05) is 0 Å². The Balaban J connectivity index is 1.98. The number of hydrogen-bond acceptors (Lipinski definition) is 2. The van der Waals surface area contributed by atoms with Gasteiger partial charge in [0.25, 0.3) is 0 Å². The third kappa shape index (κ3) is 0.948. The highest BCUT2D eigenvalue weighted by Crippen LogP contribution is 2.48. The van der Waals surface area contributed by atoms with E-state index in [2.05, 4.69) is 0 Å². The van der Waals surface area contributed by atoms with Gasteiger partial charge in [0.1, 0.15) is 0 Å². The molecule has 0 saturated heterocycles. The average molecular weight is 154 g/mol. The molecular weight excluding hydrogens is 140 g/mol. The topological polar surface area (TPSA) is 69.1 Å². The van der Waals surface area contributed by atoms with Crippen LogP contribution in [-0.2, 0) is 4.79 Å². The molecular formula is C8H14N2O. The molecule has 4 N–H and O–H groups in total. The number of rotatable bonds is 1. The summed E-state index contributed by atoms with van der Waals surface area (Å²) in [5.74, 6) is 1.31. The summed E-state index contributed by atoms with van der Waals surface area (Å²) in [6.45, 7) is 0. The van der Waals surface area contributed by atoms with Crippen molar-refractivity contribution in [2.75, 3.05) is 0 Å². The van der Waals surface area contributed by atoms with Crippen molar-refractivity contribution in [2.45, 2.75) is 25.3 Å². The molecule has 0 radical (unpaired) electrons. The fourth-order valence-corrected chi connectivity index (χ4v) is 2.51. The van der Waals surface area contributed by atoms with E-state index in [1.807, 2.05) is 0 Å². The maximum atomic E-state index is 10.8. The van der Waals surface area contributed by atoms with Crippen molar-refractivity contribution in [3.8, 4) is 0 Å². The van der Waals surface area contributed by atoms with Gasteiger partial charge in [0.2, 0.25) is 5.91 Å². The van der Waals surface area contributed by atoms with E-state index in [1.54, 1.807) is 0 Å². The Morgan fingerprint density at radius 1 is 1.27 bits per heavy atom. The average Bonchev–Trinajstić information content (AvgIpc) is 2.26. The molecule has 0 aliphatic heterocycles. The molecule has 2 aliphatic carbocycles. The lowest BCUT2D eigenvalue weighted by Crippen LogP contribution is -2.44. The molecule has 0 unspecified atom stereocenters. The van der Waals surface area contributed by atoms with Crippen molar-refractivity contribution < 1.29 is 4.79 Å². The number of fused-ring (bicyclic) bond motifs is 1. The minimum atomic E-state index is -0.133. The maximum Gasteiger partial charge on any atom is 0.220 e. The summed E-state index contributed by atoms with van der Waals surface area (Å²) in [4.78, 5) is 10.8. The lowest BCUT2D eigenvalue weighted by atomic mass is 9.72. The lowest BCUT2D eigenvalue weighted by molar-refractivity contribution is -0.121. The lowest BCUT2D eigenvalue weighted by Gasteiger charge is -2.37. The van der Waals surface area contributed by atoms with Crippen LogP contribution in [0.5, 0.6) is 0 Å². The second-order valence-electron chi connectivity index (χ2n) is 3.89. The molecule has 4 atom stereocenters. The highest BCUT2D eigenvalue weighted by Gasteiger charge is 2.47. The van der Waals surface area contributed by atoms with Crippen molar-refractivity contribution in [1.29, 1.82) is 0 Å². The fraction of sp³-hybridized carbons (Fsp3) is 0.875. The van der Waals surface area contributed by atoms with Crippen LogP contribution >= 0.6 is 0 Å². The largest absolute Gasteiger partial charge is 0.369 e. The normalized spacial score (nSPS) is 48.1. The Bertz CT molecular complexity index is 193. The Morgan fingerprint density at radius 3 is 2.45 bits per heavy atom. The van der Waals surface area contributed by atoms with Crippen LogP contribution in [0.3, 0.4) is 0 Å². The molecule has 0 bridgehead atoms. The first-order chi connectivity index (χ1) is 5.18. The number of amides is 1. The molecule has 0 aromatic carbocycles. The fourth-order valence-electron chi connectivity index (χ4n) is 2.51. The first-order valence-corrected chi connectivity index (χ1v) is 4.23. The minimum Gasteiger partial charge on any atom is -0.369 e. The molecule has 0 aromatic heterocycles. The van der Waals surface area contributed by atoms with Gasteiger partial charge < -0.3 is 11.5 Å². The maximum absolute atomic E-state index is 10.8. The van der Waals surface area contributed by atoms with E-state index in [4.69, 9.17) is 11.5 Å². The van der Waals surface area contributed by atoms with Crippen LogP contribution in [0.4, 0.5) is 0 Å². The molecule has 3 nitrogen and oxygen atoms in total. The molecule has 1 amide bonds. The molecule has 3 heteroatoms. The zero-order chi connectivity index (χ0) is 8.01. The van der Waals surface area contributed by atoms with Crippen LogP contribution in [0.2, 0.25) is 0 Å². The van der Waals surface area contributed by atoms with E-state index < -0.39 is 0 Å². The van der Waals surface area contributed by atoms with Crippen molar-refractivity contribution in [3.63, 3.8) is 0 Å². The summed E-state index contributed by atoms with van der Waals surface area (Å²) in [6.07, 6.45) is 3.04. The first-order valence-electron chi connectivity index (χ1n) is 4.23. The van der Waals surface area contributed by atoms with E-state index >= 15 is 0 Å². The van der Waals surface area contributed by atoms with E-state index in [1.165, 1.54) is 0 Å².